The highest BCUT2D eigenvalue weighted by Crippen LogP contribution is 2.40. The van der Waals surface area contributed by atoms with Crippen molar-refractivity contribution in [2.75, 3.05) is 31.6 Å². The molecule has 2 aliphatic heterocycles. The van der Waals surface area contributed by atoms with Crippen LogP contribution in [0.5, 0.6) is 5.88 Å². The summed E-state index contributed by atoms with van der Waals surface area (Å²) in [5.41, 5.74) is 1.05. The van der Waals surface area contributed by atoms with Crippen molar-refractivity contribution in [3.05, 3.63) is 42.5 Å². The fraction of sp³-hybridized carbons (Fsp3) is 0.500. The lowest BCUT2D eigenvalue weighted by atomic mass is 9.73. The fourth-order valence-corrected chi connectivity index (χ4v) is 4.28. The summed E-state index contributed by atoms with van der Waals surface area (Å²) in [7, 11) is 1.62. The van der Waals surface area contributed by atoms with Crippen LogP contribution in [-0.4, -0.2) is 52.5 Å². The van der Waals surface area contributed by atoms with E-state index in [-0.39, 0.29) is 11.3 Å². The first-order chi connectivity index (χ1) is 13.2. The summed E-state index contributed by atoms with van der Waals surface area (Å²) in [5, 5.41) is 0. The molecule has 0 bridgehead atoms. The van der Waals surface area contributed by atoms with E-state index in [2.05, 4.69) is 19.9 Å². The zero-order valence-corrected chi connectivity index (χ0v) is 15.7. The molecule has 0 radical (unpaired) electrons. The van der Waals surface area contributed by atoms with Gasteiger partial charge in [0.25, 0.3) is 0 Å². The summed E-state index contributed by atoms with van der Waals surface area (Å²) in [6, 6.07) is 7.74. The van der Waals surface area contributed by atoms with Gasteiger partial charge < -0.3 is 14.5 Å². The van der Waals surface area contributed by atoms with Gasteiger partial charge in [-0.3, -0.25) is 9.78 Å². The van der Waals surface area contributed by atoms with Crippen molar-refractivity contribution in [1.29, 1.82) is 0 Å². The topological polar surface area (TPSA) is 71.5 Å². The predicted molar refractivity (Wildman–Crippen MR) is 101 cm³/mol. The van der Waals surface area contributed by atoms with Crippen molar-refractivity contribution < 1.29 is 9.53 Å². The highest BCUT2D eigenvalue weighted by Gasteiger charge is 2.42. The van der Waals surface area contributed by atoms with Crippen molar-refractivity contribution in [3.63, 3.8) is 0 Å². The lowest BCUT2D eigenvalue weighted by Crippen LogP contribution is -2.54. The number of amides is 1. The fourth-order valence-electron chi connectivity index (χ4n) is 4.28. The van der Waals surface area contributed by atoms with Crippen LogP contribution < -0.4 is 9.64 Å². The van der Waals surface area contributed by atoms with Crippen LogP contribution in [0.3, 0.4) is 0 Å². The van der Waals surface area contributed by atoms with Crippen molar-refractivity contribution in [1.82, 2.24) is 19.9 Å². The molecule has 7 heteroatoms. The third-order valence-electron chi connectivity index (χ3n) is 5.65. The molecule has 27 heavy (non-hydrogen) atoms. The average Bonchev–Trinajstić information content (AvgIpc) is 2.72. The second-order valence-electron chi connectivity index (χ2n) is 7.51. The number of carbonyl (C=O) groups is 1. The monoisotopic (exact) mass is 367 g/mol. The molecule has 0 unspecified atom stereocenters. The maximum atomic E-state index is 12.5. The smallest absolute Gasteiger partial charge is 0.222 e. The van der Waals surface area contributed by atoms with Crippen molar-refractivity contribution in [2.24, 2.45) is 5.41 Å². The Bertz CT molecular complexity index is 800. The summed E-state index contributed by atoms with van der Waals surface area (Å²) < 4.78 is 5.24. The second-order valence-corrected chi connectivity index (χ2v) is 7.51. The van der Waals surface area contributed by atoms with E-state index in [1.54, 1.807) is 19.6 Å². The Labute approximate surface area is 159 Å². The van der Waals surface area contributed by atoms with E-state index in [0.717, 1.165) is 50.4 Å². The zero-order chi connectivity index (χ0) is 18.7. The predicted octanol–water partition coefficient (Wildman–Crippen LogP) is 2.29. The van der Waals surface area contributed by atoms with Crippen LogP contribution in [0.4, 0.5) is 5.82 Å². The largest absolute Gasteiger partial charge is 0.481 e. The summed E-state index contributed by atoms with van der Waals surface area (Å²) in [5.74, 6) is 1.71. The van der Waals surface area contributed by atoms with Crippen LogP contribution >= 0.6 is 0 Å². The van der Waals surface area contributed by atoms with Crippen molar-refractivity contribution in [2.45, 2.75) is 32.2 Å². The standard InChI is InChI=1S/C20H25N5O2/c1-27-18-11-17(22-15-23-18)24-10-4-7-20(13-24)8-6-19(26)25(14-20)12-16-5-2-3-9-21-16/h2-3,5,9,11,15H,4,6-8,10,12-14H2,1H3/t20-/m1/s1. The van der Waals surface area contributed by atoms with Gasteiger partial charge in [0.05, 0.1) is 19.3 Å². The number of ether oxygens (including phenoxy) is 1. The number of carbonyl (C=O) groups excluding carboxylic acids is 1. The molecule has 2 aliphatic rings. The van der Waals surface area contributed by atoms with Gasteiger partial charge >= 0.3 is 0 Å². The Hall–Kier alpha value is -2.70. The minimum Gasteiger partial charge on any atom is -0.481 e. The molecule has 0 saturated carbocycles. The molecule has 1 amide bonds. The number of pyridine rings is 1. The van der Waals surface area contributed by atoms with E-state index < -0.39 is 0 Å². The Morgan fingerprint density at radius 2 is 2.11 bits per heavy atom. The molecule has 7 nitrogen and oxygen atoms in total. The molecule has 0 aromatic carbocycles. The first-order valence-corrected chi connectivity index (χ1v) is 9.46. The molecule has 0 aliphatic carbocycles. The molecule has 1 atom stereocenters. The summed E-state index contributed by atoms with van der Waals surface area (Å²) in [6.45, 7) is 3.24. The molecule has 142 valence electrons. The van der Waals surface area contributed by atoms with Gasteiger partial charge in [0, 0.05) is 43.7 Å². The van der Waals surface area contributed by atoms with Crippen LogP contribution in [-0.2, 0) is 11.3 Å². The van der Waals surface area contributed by atoms with E-state index in [0.29, 0.717) is 18.8 Å². The molecule has 2 saturated heterocycles. The molecule has 4 rings (SSSR count). The van der Waals surface area contributed by atoms with E-state index in [1.165, 1.54) is 0 Å². The lowest BCUT2D eigenvalue weighted by molar-refractivity contribution is -0.138. The van der Waals surface area contributed by atoms with Gasteiger partial charge in [-0.15, -0.1) is 0 Å². The second kappa shape index (κ2) is 7.50. The summed E-state index contributed by atoms with van der Waals surface area (Å²) >= 11 is 0. The maximum Gasteiger partial charge on any atom is 0.222 e. The minimum absolute atomic E-state index is 0.110. The van der Waals surface area contributed by atoms with Crippen LogP contribution in [0.25, 0.3) is 0 Å². The molecular formula is C20H25N5O2. The van der Waals surface area contributed by atoms with Gasteiger partial charge in [-0.05, 0) is 31.4 Å². The Balaban J connectivity index is 1.50. The van der Waals surface area contributed by atoms with Gasteiger partial charge in [0.2, 0.25) is 11.8 Å². The average molecular weight is 367 g/mol. The van der Waals surface area contributed by atoms with Gasteiger partial charge in [-0.25, -0.2) is 9.97 Å². The van der Waals surface area contributed by atoms with E-state index in [9.17, 15) is 4.79 Å². The van der Waals surface area contributed by atoms with E-state index in [1.807, 2.05) is 29.2 Å². The molecule has 0 N–H and O–H groups in total. The lowest BCUT2D eigenvalue weighted by Gasteiger charge is -2.48. The number of likely N-dealkylation sites (tertiary alicyclic amines) is 1. The Morgan fingerprint density at radius 1 is 1.19 bits per heavy atom. The Kier molecular flexibility index (Phi) is 4.92. The number of aromatic nitrogens is 3. The zero-order valence-electron chi connectivity index (χ0n) is 15.7. The summed E-state index contributed by atoms with van der Waals surface area (Å²) in [4.78, 5) is 29.7. The molecule has 2 fully saturated rings. The third-order valence-corrected chi connectivity index (χ3v) is 5.65. The third kappa shape index (κ3) is 3.86. The molecule has 2 aromatic heterocycles. The first-order valence-electron chi connectivity index (χ1n) is 9.46. The van der Waals surface area contributed by atoms with Gasteiger partial charge in [-0.2, -0.15) is 0 Å². The highest BCUT2D eigenvalue weighted by atomic mass is 16.5. The normalized spacial score (nSPS) is 22.9. The molecule has 1 spiro atoms. The molecule has 2 aromatic rings. The van der Waals surface area contributed by atoms with Gasteiger partial charge in [-0.1, -0.05) is 6.07 Å². The maximum absolute atomic E-state index is 12.5. The summed E-state index contributed by atoms with van der Waals surface area (Å²) in [6.07, 6.45) is 7.10. The number of rotatable bonds is 4. The van der Waals surface area contributed by atoms with Gasteiger partial charge in [0.1, 0.15) is 12.1 Å². The van der Waals surface area contributed by atoms with Crippen LogP contribution in [0, 0.1) is 5.41 Å². The number of nitrogens with zero attached hydrogens (tertiary/aromatic N) is 5. The van der Waals surface area contributed by atoms with Crippen molar-refractivity contribution >= 4 is 11.7 Å². The van der Waals surface area contributed by atoms with Crippen LogP contribution in [0.2, 0.25) is 0 Å². The highest BCUT2D eigenvalue weighted by molar-refractivity contribution is 5.77. The van der Waals surface area contributed by atoms with Gasteiger partial charge in [0.15, 0.2) is 0 Å². The minimum atomic E-state index is 0.110. The molecule has 4 heterocycles. The first kappa shape index (κ1) is 17.7. The number of methoxy groups -OCH3 is 1. The SMILES string of the molecule is COc1cc(N2CCC[C@@]3(CCC(=O)N(Cc4ccccn4)C3)C2)ncn1. The van der Waals surface area contributed by atoms with Crippen molar-refractivity contribution in [3.8, 4) is 5.88 Å². The Morgan fingerprint density at radius 3 is 2.93 bits per heavy atom. The number of hydrogen-bond donors (Lipinski definition) is 0. The number of anilines is 1. The van der Waals surface area contributed by atoms with E-state index in [4.69, 9.17) is 4.74 Å². The molecular weight excluding hydrogens is 342 g/mol. The number of hydrogen-bond acceptors (Lipinski definition) is 6. The number of piperidine rings is 2. The van der Waals surface area contributed by atoms with Crippen LogP contribution in [0.1, 0.15) is 31.4 Å². The van der Waals surface area contributed by atoms with Crippen LogP contribution in [0.15, 0.2) is 36.8 Å². The van der Waals surface area contributed by atoms with E-state index >= 15 is 0 Å². The quantitative estimate of drug-likeness (QED) is 0.826.